The summed E-state index contributed by atoms with van der Waals surface area (Å²) in [5.41, 5.74) is 6.07. The van der Waals surface area contributed by atoms with Gasteiger partial charge in [0, 0.05) is 31.9 Å². The van der Waals surface area contributed by atoms with Crippen LogP contribution in [0.2, 0.25) is 0 Å². The molecule has 0 aliphatic heterocycles. The lowest BCUT2D eigenvalue weighted by atomic mass is 10.00. The highest BCUT2D eigenvalue weighted by Crippen LogP contribution is 2.38. The molecular formula is C26H21NS. The molecule has 3 aromatic carbocycles. The van der Waals surface area contributed by atoms with Crippen molar-refractivity contribution in [3.05, 3.63) is 90.6 Å². The zero-order valence-corrected chi connectivity index (χ0v) is 16.8. The molecule has 0 fully saturated rings. The molecular weight excluding hydrogens is 358 g/mol. The van der Waals surface area contributed by atoms with Gasteiger partial charge >= 0.3 is 0 Å². The third-order valence-corrected chi connectivity index (χ3v) is 6.47. The average molecular weight is 380 g/mol. The number of pyridine rings is 1. The van der Waals surface area contributed by atoms with E-state index in [-0.39, 0.29) is 0 Å². The van der Waals surface area contributed by atoms with Crippen molar-refractivity contribution in [2.45, 2.75) is 19.8 Å². The van der Waals surface area contributed by atoms with E-state index in [0.717, 1.165) is 5.69 Å². The van der Waals surface area contributed by atoms with Crippen LogP contribution < -0.4 is 0 Å². The Balaban J connectivity index is 1.68. The molecule has 0 atom stereocenters. The normalized spacial score (nSPS) is 11.5. The minimum Gasteiger partial charge on any atom is -0.256 e. The van der Waals surface area contributed by atoms with E-state index in [9.17, 15) is 0 Å². The molecule has 0 bridgehead atoms. The van der Waals surface area contributed by atoms with E-state index >= 15 is 0 Å². The summed E-state index contributed by atoms with van der Waals surface area (Å²) in [6.07, 6.45) is 1.92. The number of benzene rings is 3. The van der Waals surface area contributed by atoms with Crippen molar-refractivity contribution < 1.29 is 0 Å². The lowest BCUT2D eigenvalue weighted by Gasteiger charge is -2.08. The van der Waals surface area contributed by atoms with E-state index in [1.54, 1.807) is 0 Å². The molecule has 0 saturated carbocycles. The molecule has 28 heavy (non-hydrogen) atoms. The fourth-order valence-electron chi connectivity index (χ4n) is 3.71. The maximum atomic E-state index is 4.63. The third-order valence-electron chi connectivity index (χ3n) is 5.32. The summed E-state index contributed by atoms with van der Waals surface area (Å²) in [5.74, 6) is 0.501. The highest BCUT2D eigenvalue weighted by Gasteiger charge is 2.10. The minimum absolute atomic E-state index is 0.501. The van der Waals surface area contributed by atoms with Crippen LogP contribution in [0.1, 0.15) is 25.3 Å². The van der Waals surface area contributed by atoms with Crippen LogP contribution >= 0.6 is 11.3 Å². The summed E-state index contributed by atoms with van der Waals surface area (Å²) in [7, 11) is 0. The molecule has 0 aliphatic rings. The van der Waals surface area contributed by atoms with Gasteiger partial charge in [0.2, 0.25) is 0 Å². The van der Waals surface area contributed by atoms with Gasteiger partial charge in [-0.1, -0.05) is 56.3 Å². The fraction of sp³-hybridized carbons (Fsp3) is 0.115. The van der Waals surface area contributed by atoms with Gasteiger partial charge in [-0.3, -0.25) is 4.98 Å². The van der Waals surface area contributed by atoms with E-state index < -0.39 is 0 Å². The van der Waals surface area contributed by atoms with Crippen LogP contribution in [0.5, 0.6) is 0 Å². The zero-order chi connectivity index (χ0) is 19.1. The first-order valence-electron chi connectivity index (χ1n) is 9.67. The molecule has 0 aliphatic carbocycles. The maximum absolute atomic E-state index is 4.63. The minimum atomic E-state index is 0.501. The molecule has 2 heteroatoms. The first kappa shape index (κ1) is 17.2. The molecule has 5 aromatic rings. The zero-order valence-electron chi connectivity index (χ0n) is 16.0. The smallest absolute Gasteiger partial charge is 0.0705 e. The summed E-state index contributed by atoms with van der Waals surface area (Å²) < 4.78 is 2.65. The summed E-state index contributed by atoms with van der Waals surface area (Å²) in [5, 5.41) is 2.63. The van der Waals surface area contributed by atoms with E-state index in [1.807, 2.05) is 17.5 Å². The van der Waals surface area contributed by atoms with Crippen LogP contribution in [0.3, 0.4) is 0 Å². The molecule has 5 rings (SSSR count). The third kappa shape index (κ3) is 3.00. The van der Waals surface area contributed by atoms with Gasteiger partial charge in [-0.2, -0.15) is 0 Å². The topological polar surface area (TPSA) is 12.9 Å². The van der Waals surface area contributed by atoms with E-state index in [2.05, 4.69) is 97.7 Å². The molecule has 0 N–H and O–H groups in total. The molecule has 0 saturated heterocycles. The number of aromatic nitrogens is 1. The van der Waals surface area contributed by atoms with Crippen LogP contribution in [0.15, 0.2) is 85.1 Å². The van der Waals surface area contributed by atoms with Crippen molar-refractivity contribution in [2.75, 3.05) is 0 Å². The number of nitrogens with zero attached hydrogens (tertiary/aromatic N) is 1. The largest absolute Gasteiger partial charge is 0.256 e. The van der Waals surface area contributed by atoms with Gasteiger partial charge in [0.05, 0.1) is 5.69 Å². The average Bonchev–Trinajstić information content (AvgIpc) is 3.11. The fourth-order valence-corrected chi connectivity index (χ4v) is 4.78. The van der Waals surface area contributed by atoms with Gasteiger partial charge in [-0.25, -0.2) is 0 Å². The van der Waals surface area contributed by atoms with Gasteiger partial charge in [0.15, 0.2) is 0 Å². The Morgan fingerprint density at radius 3 is 2.07 bits per heavy atom. The molecule has 0 amide bonds. The molecule has 136 valence electrons. The number of hydrogen-bond acceptors (Lipinski definition) is 2. The van der Waals surface area contributed by atoms with Crippen LogP contribution in [0.25, 0.3) is 42.6 Å². The number of hydrogen-bond donors (Lipinski definition) is 0. The van der Waals surface area contributed by atoms with Crippen molar-refractivity contribution in [1.29, 1.82) is 0 Å². The predicted octanol–water partition coefficient (Wildman–Crippen LogP) is 7.91. The molecule has 1 nitrogen and oxygen atoms in total. The quantitative estimate of drug-likeness (QED) is 0.310. The lowest BCUT2D eigenvalue weighted by Crippen LogP contribution is -1.90. The number of thiophene rings is 1. The summed E-state index contributed by atoms with van der Waals surface area (Å²) in [4.78, 5) is 4.63. The van der Waals surface area contributed by atoms with Gasteiger partial charge in [0.25, 0.3) is 0 Å². The molecule has 2 heterocycles. The number of rotatable bonds is 3. The predicted molar refractivity (Wildman–Crippen MR) is 122 cm³/mol. The van der Waals surface area contributed by atoms with Gasteiger partial charge in [-0.05, 0) is 59.0 Å². The van der Waals surface area contributed by atoms with E-state index in [4.69, 9.17) is 0 Å². The molecule has 2 aromatic heterocycles. The Bertz CT molecular complexity index is 1280. The molecule has 0 unspecified atom stereocenters. The van der Waals surface area contributed by atoms with Crippen molar-refractivity contribution in [2.24, 2.45) is 0 Å². The summed E-state index contributed by atoms with van der Waals surface area (Å²) >= 11 is 1.86. The summed E-state index contributed by atoms with van der Waals surface area (Å²) in [6.45, 7) is 4.44. The monoisotopic (exact) mass is 379 g/mol. The van der Waals surface area contributed by atoms with E-state index in [1.165, 1.54) is 42.4 Å². The standard InChI is InChI=1S/C26H21NS/c1-17(2)19-12-13-27-24(16-19)21-9-11-26-23(15-21)22-14-20(8-10-25(22)28-26)18-6-4-3-5-7-18/h3-17H,1-2H3. The van der Waals surface area contributed by atoms with Crippen molar-refractivity contribution in [3.63, 3.8) is 0 Å². The Labute approximate surface area is 169 Å². The molecule has 0 spiro atoms. The second kappa shape index (κ2) is 6.88. The highest BCUT2D eigenvalue weighted by molar-refractivity contribution is 7.25. The van der Waals surface area contributed by atoms with Crippen molar-refractivity contribution in [3.8, 4) is 22.4 Å². The Morgan fingerprint density at radius 1 is 0.679 bits per heavy atom. The SMILES string of the molecule is CC(C)c1ccnc(-c2ccc3sc4ccc(-c5ccccc5)cc4c3c2)c1. The van der Waals surface area contributed by atoms with Crippen molar-refractivity contribution >= 4 is 31.5 Å². The second-order valence-corrected chi connectivity index (χ2v) is 8.60. The first-order valence-corrected chi connectivity index (χ1v) is 10.5. The van der Waals surface area contributed by atoms with E-state index in [0.29, 0.717) is 5.92 Å². The lowest BCUT2D eigenvalue weighted by molar-refractivity contribution is 0.864. The van der Waals surface area contributed by atoms with Crippen LogP contribution in [-0.4, -0.2) is 4.98 Å². The van der Waals surface area contributed by atoms with Gasteiger partial charge in [-0.15, -0.1) is 11.3 Å². The Morgan fingerprint density at radius 2 is 1.36 bits per heavy atom. The van der Waals surface area contributed by atoms with Crippen LogP contribution in [0.4, 0.5) is 0 Å². The first-order chi connectivity index (χ1) is 13.7. The maximum Gasteiger partial charge on any atom is 0.0705 e. The highest BCUT2D eigenvalue weighted by atomic mass is 32.1. The Kier molecular flexibility index (Phi) is 4.22. The van der Waals surface area contributed by atoms with Crippen molar-refractivity contribution in [1.82, 2.24) is 4.98 Å². The van der Waals surface area contributed by atoms with Gasteiger partial charge < -0.3 is 0 Å². The van der Waals surface area contributed by atoms with Crippen LogP contribution in [0, 0.1) is 0 Å². The molecule has 0 radical (unpaired) electrons. The van der Waals surface area contributed by atoms with Crippen LogP contribution in [-0.2, 0) is 0 Å². The Hall–Kier alpha value is -2.97. The van der Waals surface area contributed by atoms with Gasteiger partial charge in [0.1, 0.15) is 0 Å². The second-order valence-electron chi connectivity index (χ2n) is 7.52. The number of fused-ring (bicyclic) bond motifs is 3. The summed E-state index contributed by atoms with van der Waals surface area (Å²) in [6, 6.07) is 28.4.